The van der Waals surface area contributed by atoms with Crippen molar-refractivity contribution in [3.8, 4) is 0 Å². The number of hydrogen-bond donors (Lipinski definition) is 1. The average Bonchev–Trinajstić information content (AvgIpc) is 3.02. The second-order valence-corrected chi connectivity index (χ2v) is 12.0. The molecule has 0 aliphatic heterocycles. The molecule has 4 aromatic rings. The van der Waals surface area contributed by atoms with E-state index in [1.165, 1.54) is 21.3 Å². The van der Waals surface area contributed by atoms with E-state index in [2.05, 4.69) is 5.32 Å². The molecule has 218 valence electrons. The monoisotopic (exact) mass is 583 g/mol. The van der Waals surface area contributed by atoms with Crippen molar-refractivity contribution >= 4 is 27.5 Å². The topological polar surface area (TPSA) is 86.8 Å². The van der Waals surface area contributed by atoms with Crippen molar-refractivity contribution < 1.29 is 18.0 Å². The van der Waals surface area contributed by atoms with Crippen molar-refractivity contribution in [2.45, 2.75) is 44.2 Å². The first kappa shape index (κ1) is 30.5. The summed E-state index contributed by atoms with van der Waals surface area (Å²) in [6.45, 7) is 3.59. The number of rotatable bonds is 12. The molecule has 4 aromatic carbocycles. The lowest BCUT2D eigenvalue weighted by Gasteiger charge is -2.34. The van der Waals surface area contributed by atoms with Gasteiger partial charge in [-0.15, -0.1) is 0 Å². The minimum Gasteiger partial charge on any atom is -0.357 e. The summed E-state index contributed by atoms with van der Waals surface area (Å²) in [5, 5.41) is 2.71. The summed E-state index contributed by atoms with van der Waals surface area (Å²) in [7, 11) is -2.58. The second-order valence-electron chi connectivity index (χ2n) is 10.1. The van der Waals surface area contributed by atoms with Crippen LogP contribution in [0.1, 0.15) is 29.2 Å². The van der Waals surface area contributed by atoms with E-state index in [0.717, 1.165) is 22.3 Å². The van der Waals surface area contributed by atoms with Crippen molar-refractivity contribution in [2.24, 2.45) is 0 Å². The van der Waals surface area contributed by atoms with Crippen molar-refractivity contribution in [1.29, 1.82) is 0 Å². The van der Waals surface area contributed by atoms with Gasteiger partial charge in [-0.3, -0.25) is 13.9 Å². The van der Waals surface area contributed by atoms with Crippen LogP contribution in [0.2, 0.25) is 0 Å². The number of sulfonamides is 1. The van der Waals surface area contributed by atoms with E-state index < -0.39 is 28.5 Å². The third-order valence-electron chi connectivity index (χ3n) is 7.24. The number of benzene rings is 4. The van der Waals surface area contributed by atoms with E-state index >= 15 is 0 Å². The van der Waals surface area contributed by atoms with E-state index in [9.17, 15) is 18.0 Å². The van der Waals surface area contributed by atoms with Gasteiger partial charge in [-0.25, -0.2) is 8.42 Å². The van der Waals surface area contributed by atoms with Gasteiger partial charge in [0.2, 0.25) is 11.8 Å². The Labute approximate surface area is 248 Å². The lowest BCUT2D eigenvalue weighted by Crippen LogP contribution is -2.53. The molecular weight excluding hydrogens is 546 g/mol. The van der Waals surface area contributed by atoms with Gasteiger partial charge in [0.15, 0.2) is 0 Å². The normalized spacial score (nSPS) is 11.9. The molecule has 0 saturated heterocycles. The van der Waals surface area contributed by atoms with Crippen LogP contribution in [0.5, 0.6) is 0 Å². The number of hydrogen-bond acceptors (Lipinski definition) is 4. The van der Waals surface area contributed by atoms with Gasteiger partial charge in [-0.05, 0) is 48.2 Å². The molecule has 2 amide bonds. The Morgan fingerprint density at radius 2 is 1.38 bits per heavy atom. The van der Waals surface area contributed by atoms with Gasteiger partial charge < -0.3 is 10.2 Å². The number of nitrogens with one attached hydrogen (secondary N) is 1. The zero-order chi connectivity index (χ0) is 30.1. The predicted octanol–water partition coefficient (Wildman–Crippen LogP) is 5.14. The Kier molecular flexibility index (Phi) is 10.1. The van der Waals surface area contributed by atoms with Crippen molar-refractivity contribution in [1.82, 2.24) is 10.2 Å². The third-order valence-corrected chi connectivity index (χ3v) is 9.02. The van der Waals surface area contributed by atoms with Crippen molar-refractivity contribution in [2.75, 3.05) is 17.9 Å². The van der Waals surface area contributed by atoms with Crippen LogP contribution in [0.3, 0.4) is 0 Å². The number of para-hydroxylation sites is 1. The molecule has 1 N–H and O–H groups in total. The first-order valence-electron chi connectivity index (χ1n) is 14.0. The van der Waals surface area contributed by atoms with Gasteiger partial charge in [-0.2, -0.15) is 0 Å². The van der Waals surface area contributed by atoms with Gasteiger partial charge in [0.1, 0.15) is 12.6 Å². The van der Waals surface area contributed by atoms with E-state index in [1.54, 1.807) is 37.4 Å². The molecule has 8 heteroatoms. The summed E-state index contributed by atoms with van der Waals surface area (Å²) in [5.41, 5.74) is 4.02. The number of likely N-dealkylation sites (N-methyl/N-ethyl adjacent to an activating group) is 1. The van der Waals surface area contributed by atoms with Crippen molar-refractivity contribution in [3.63, 3.8) is 0 Å². The summed E-state index contributed by atoms with van der Waals surface area (Å²) in [6, 6.07) is 31.7. The number of carbonyl (C=O) groups is 2. The molecule has 0 heterocycles. The Balaban J connectivity index is 1.80. The number of anilines is 1. The predicted molar refractivity (Wildman–Crippen MR) is 167 cm³/mol. The van der Waals surface area contributed by atoms with Gasteiger partial charge in [0.25, 0.3) is 10.0 Å². The van der Waals surface area contributed by atoms with Crippen LogP contribution < -0.4 is 9.62 Å². The van der Waals surface area contributed by atoms with Gasteiger partial charge >= 0.3 is 0 Å². The van der Waals surface area contributed by atoms with E-state index in [-0.39, 0.29) is 23.8 Å². The van der Waals surface area contributed by atoms with Gasteiger partial charge in [0.05, 0.1) is 10.6 Å². The highest BCUT2D eigenvalue weighted by molar-refractivity contribution is 7.92. The molecule has 4 rings (SSSR count). The van der Waals surface area contributed by atoms with Crippen molar-refractivity contribution in [3.05, 3.63) is 131 Å². The summed E-state index contributed by atoms with van der Waals surface area (Å²) in [5.74, 6) is -0.809. The Morgan fingerprint density at radius 1 is 0.786 bits per heavy atom. The molecular formula is C34H37N3O4S. The Bertz CT molecular complexity index is 1590. The standard InChI is InChI=1S/C34H37N3O4S/c1-4-29-15-11-12-18-31(29)37(42(40,41)30-16-9-6-10-17-30)25-33(38)36(24-28-21-19-26(2)20-22-28)32(34(39)35-3)23-27-13-7-5-8-14-27/h5-22,32H,4,23-25H2,1-3H3,(H,35,39)/t32-/m1/s1. The number of carbonyl (C=O) groups excluding carboxylic acids is 2. The molecule has 0 bridgehead atoms. The first-order valence-corrected chi connectivity index (χ1v) is 15.4. The number of amides is 2. The van der Waals surface area contributed by atoms with E-state index in [1.807, 2.05) is 80.6 Å². The molecule has 0 aliphatic carbocycles. The maximum atomic E-state index is 14.4. The summed E-state index contributed by atoms with van der Waals surface area (Å²) in [4.78, 5) is 29.3. The van der Waals surface area contributed by atoms with Crippen LogP contribution in [0, 0.1) is 6.92 Å². The zero-order valence-corrected chi connectivity index (χ0v) is 25.1. The number of aryl methyl sites for hydroxylation is 2. The van der Waals surface area contributed by atoms with Gasteiger partial charge in [0, 0.05) is 20.0 Å². The van der Waals surface area contributed by atoms with Gasteiger partial charge in [-0.1, -0.05) is 103 Å². The summed E-state index contributed by atoms with van der Waals surface area (Å²) in [6.07, 6.45) is 0.849. The molecule has 0 radical (unpaired) electrons. The Morgan fingerprint density at radius 3 is 2.00 bits per heavy atom. The highest BCUT2D eigenvalue weighted by Crippen LogP contribution is 2.28. The molecule has 0 fully saturated rings. The molecule has 7 nitrogen and oxygen atoms in total. The zero-order valence-electron chi connectivity index (χ0n) is 24.2. The lowest BCUT2D eigenvalue weighted by atomic mass is 10.0. The molecule has 0 unspecified atom stereocenters. The molecule has 1 atom stereocenters. The molecule has 0 saturated carbocycles. The lowest BCUT2D eigenvalue weighted by molar-refractivity contribution is -0.139. The van der Waals surface area contributed by atoms with E-state index in [0.29, 0.717) is 12.1 Å². The first-order chi connectivity index (χ1) is 20.2. The van der Waals surface area contributed by atoms with Crippen LogP contribution in [0.25, 0.3) is 0 Å². The van der Waals surface area contributed by atoms with Crippen LogP contribution in [-0.2, 0) is 39.0 Å². The molecule has 0 spiro atoms. The largest absolute Gasteiger partial charge is 0.357 e. The average molecular weight is 584 g/mol. The minimum atomic E-state index is -4.12. The maximum absolute atomic E-state index is 14.4. The smallest absolute Gasteiger partial charge is 0.264 e. The van der Waals surface area contributed by atoms with E-state index in [4.69, 9.17) is 0 Å². The van der Waals surface area contributed by atoms with Crippen LogP contribution in [-0.4, -0.2) is 44.8 Å². The second kappa shape index (κ2) is 14.0. The highest BCUT2D eigenvalue weighted by atomic mass is 32.2. The minimum absolute atomic E-state index is 0.0842. The molecule has 42 heavy (non-hydrogen) atoms. The van der Waals surface area contributed by atoms with Crippen LogP contribution in [0.4, 0.5) is 5.69 Å². The fourth-order valence-corrected chi connectivity index (χ4v) is 6.37. The fraction of sp³-hybridized carbons (Fsp3) is 0.235. The third kappa shape index (κ3) is 7.25. The summed E-state index contributed by atoms with van der Waals surface area (Å²) >= 11 is 0. The van der Waals surface area contributed by atoms with Crippen LogP contribution >= 0.6 is 0 Å². The molecule has 0 aromatic heterocycles. The van der Waals surface area contributed by atoms with Crippen LogP contribution in [0.15, 0.2) is 114 Å². The Hall–Kier alpha value is -4.43. The highest BCUT2D eigenvalue weighted by Gasteiger charge is 2.34. The quantitative estimate of drug-likeness (QED) is 0.250. The summed E-state index contributed by atoms with van der Waals surface area (Å²) < 4.78 is 29.3. The SMILES string of the molecule is CCc1ccccc1N(CC(=O)N(Cc1ccc(C)cc1)[C@H](Cc1ccccc1)C(=O)NC)S(=O)(=O)c1ccccc1. The maximum Gasteiger partial charge on any atom is 0.264 e. The fourth-order valence-electron chi connectivity index (χ4n) is 4.90. The molecule has 0 aliphatic rings. The number of nitrogens with zero attached hydrogens (tertiary/aromatic N) is 2.